The number of likely N-dealkylation sites (N-methyl/N-ethyl adjacent to an activating group) is 1. The first-order chi connectivity index (χ1) is 7.08. The van der Waals surface area contributed by atoms with Crippen molar-refractivity contribution in [1.82, 2.24) is 4.90 Å². The van der Waals surface area contributed by atoms with Crippen molar-refractivity contribution in [2.75, 3.05) is 13.1 Å². The van der Waals surface area contributed by atoms with E-state index < -0.39 is 0 Å². The molecule has 2 atom stereocenters. The monoisotopic (exact) mass is 212 g/mol. The molecule has 90 valence electrons. The van der Waals surface area contributed by atoms with Crippen LogP contribution in [0.5, 0.6) is 0 Å². The van der Waals surface area contributed by atoms with E-state index in [2.05, 4.69) is 32.6 Å². The minimum atomic E-state index is 0.279. The zero-order chi connectivity index (χ0) is 11.5. The lowest BCUT2D eigenvalue weighted by atomic mass is 9.72. The summed E-state index contributed by atoms with van der Waals surface area (Å²) < 4.78 is 0. The van der Waals surface area contributed by atoms with Crippen LogP contribution in [0.3, 0.4) is 0 Å². The average Bonchev–Trinajstić information content (AvgIpc) is 2.21. The van der Waals surface area contributed by atoms with E-state index in [0.717, 1.165) is 19.0 Å². The quantitative estimate of drug-likeness (QED) is 0.776. The molecule has 0 radical (unpaired) electrons. The van der Waals surface area contributed by atoms with E-state index >= 15 is 0 Å². The lowest BCUT2D eigenvalue weighted by molar-refractivity contribution is -0.00506. The molecular weight excluding hydrogens is 184 g/mol. The van der Waals surface area contributed by atoms with E-state index in [1.165, 1.54) is 25.7 Å². The minimum Gasteiger partial charge on any atom is -0.329 e. The maximum Gasteiger partial charge on any atom is 0.0359 e. The third kappa shape index (κ3) is 2.36. The van der Waals surface area contributed by atoms with Crippen LogP contribution >= 0.6 is 0 Å². The highest BCUT2D eigenvalue weighted by Crippen LogP contribution is 2.38. The van der Waals surface area contributed by atoms with Crippen molar-refractivity contribution in [3.05, 3.63) is 0 Å². The first-order valence-electron chi connectivity index (χ1n) is 6.55. The molecule has 2 N–H and O–H groups in total. The van der Waals surface area contributed by atoms with Crippen molar-refractivity contribution in [1.29, 1.82) is 0 Å². The predicted molar refractivity (Wildman–Crippen MR) is 66.9 cm³/mol. The summed E-state index contributed by atoms with van der Waals surface area (Å²) in [7, 11) is 0. The normalized spacial score (nSPS) is 32.6. The van der Waals surface area contributed by atoms with E-state index in [9.17, 15) is 0 Å². The van der Waals surface area contributed by atoms with Gasteiger partial charge >= 0.3 is 0 Å². The fourth-order valence-electron chi connectivity index (χ4n) is 3.44. The Hall–Kier alpha value is -0.0800. The topological polar surface area (TPSA) is 29.3 Å². The van der Waals surface area contributed by atoms with Crippen LogP contribution in [0.4, 0.5) is 0 Å². The van der Waals surface area contributed by atoms with Gasteiger partial charge in [-0.15, -0.1) is 0 Å². The molecule has 0 amide bonds. The molecule has 1 aliphatic rings. The van der Waals surface area contributed by atoms with E-state index in [1.807, 2.05) is 0 Å². The van der Waals surface area contributed by atoms with Crippen molar-refractivity contribution in [2.45, 2.75) is 65.0 Å². The summed E-state index contributed by atoms with van der Waals surface area (Å²) in [6.07, 6.45) is 5.38. The first-order valence-corrected chi connectivity index (χ1v) is 6.55. The van der Waals surface area contributed by atoms with Crippen LogP contribution in [0.1, 0.15) is 53.4 Å². The van der Waals surface area contributed by atoms with Crippen LogP contribution < -0.4 is 5.73 Å². The maximum absolute atomic E-state index is 6.10. The zero-order valence-electron chi connectivity index (χ0n) is 10.9. The molecule has 0 saturated heterocycles. The van der Waals surface area contributed by atoms with Gasteiger partial charge in [0.15, 0.2) is 0 Å². The Morgan fingerprint density at radius 3 is 2.47 bits per heavy atom. The van der Waals surface area contributed by atoms with Crippen LogP contribution in [0.2, 0.25) is 0 Å². The maximum atomic E-state index is 6.10. The molecule has 2 nitrogen and oxygen atoms in total. The fourth-order valence-corrected chi connectivity index (χ4v) is 3.44. The van der Waals surface area contributed by atoms with Crippen molar-refractivity contribution in [3.8, 4) is 0 Å². The molecule has 15 heavy (non-hydrogen) atoms. The van der Waals surface area contributed by atoms with Gasteiger partial charge in [0.25, 0.3) is 0 Å². The minimum absolute atomic E-state index is 0.279. The molecule has 0 aliphatic heterocycles. The average molecular weight is 212 g/mol. The van der Waals surface area contributed by atoms with Gasteiger partial charge < -0.3 is 5.73 Å². The second-order valence-electron chi connectivity index (χ2n) is 5.33. The number of hydrogen-bond acceptors (Lipinski definition) is 2. The third-order valence-corrected chi connectivity index (χ3v) is 4.30. The van der Waals surface area contributed by atoms with E-state index in [0.29, 0.717) is 6.04 Å². The summed E-state index contributed by atoms with van der Waals surface area (Å²) in [5.41, 5.74) is 6.38. The molecule has 1 fully saturated rings. The Bertz CT molecular complexity index is 191. The van der Waals surface area contributed by atoms with Crippen molar-refractivity contribution >= 4 is 0 Å². The van der Waals surface area contributed by atoms with Crippen LogP contribution in [-0.2, 0) is 0 Å². The second kappa shape index (κ2) is 5.31. The van der Waals surface area contributed by atoms with Crippen molar-refractivity contribution in [3.63, 3.8) is 0 Å². The first kappa shape index (κ1) is 13.0. The van der Waals surface area contributed by atoms with Gasteiger partial charge in [-0.1, -0.05) is 26.7 Å². The Balaban J connectivity index is 2.89. The zero-order valence-corrected chi connectivity index (χ0v) is 10.9. The number of hydrogen-bond donors (Lipinski definition) is 1. The lowest BCUT2D eigenvalue weighted by Gasteiger charge is -2.51. The van der Waals surface area contributed by atoms with Crippen molar-refractivity contribution < 1.29 is 0 Å². The summed E-state index contributed by atoms with van der Waals surface area (Å²) >= 11 is 0. The molecule has 1 rings (SSSR count). The fraction of sp³-hybridized carbons (Fsp3) is 1.00. The van der Waals surface area contributed by atoms with E-state index in [-0.39, 0.29) is 5.54 Å². The van der Waals surface area contributed by atoms with Gasteiger partial charge in [-0.05, 0) is 39.2 Å². The highest BCUT2D eigenvalue weighted by Gasteiger charge is 2.42. The highest BCUT2D eigenvalue weighted by atomic mass is 15.2. The molecule has 2 heteroatoms. The SMILES string of the molecule is CCN(C(C)C)C1(CN)CCCCC1C. The van der Waals surface area contributed by atoms with Crippen LogP contribution in [0.15, 0.2) is 0 Å². The molecule has 0 heterocycles. The molecule has 1 aliphatic carbocycles. The molecule has 0 spiro atoms. The molecule has 0 aromatic carbocycles. The smallest absolute Gasteiger partial charge is 0.0359 e. The summed E-state index contributed by atoms with van der Waals surface area (Å²) in [4.78, 5) is 2.62. The van der Waals surface area contributed by atoms with Gasteiger partial charge in [-0.25, -0.2) is 0 Å². The van der Waals surface area contributed by atoms with Gasteiger partial charge in [-0.3, -0.25) is 4.90 Å². The van der Waals surface area contributed by atoms with E-state index in [4.69, 9.17) is 5.73 Å². The highest BCUT2D eigenvalue weighted by molar-refractivity contribution is 4.99. The molecule has 2 unspecified atom stereocenters. The van der Waals surface area contributed by atoms with Gasteiger partial charge in [-0.2, -0.15) is 0 Å². The summed E-state index contributed by atoms with van der Waals surface area (Å²) in [6, 6.07) is 0.610. The van der Waals surface area contributed by atoms with Gasteiger partial charge in [0.05, 0.1) is 0 Å². The van der Waals surface area contributed by atoms with Crippen LogP contribution in [0.25, 0.3) is 0 Å². The largest absolute Gasteiger partial charge is 0.329 e. The number of nitrogens with two attached hydrogens (primary N) is 1. The predicted octanol–water partition coefficient (Wildman–Crippen LogP) is 2.62. The molecular formula is C13H28N2. The van der Waals surface area contributed by atoms with Crippen LogP contribution in [0, 0.1) is 5.92 Å². The summed E-state index contributed by atoms with van der Waals surface area (Å²) in [5, 5.41) is 0. The Morgan fingerprint density at radius 1 is 1.40 bits per heavy atom. The third-order valence-electron chi connectivity index (χ3n) is 4.30. The Morgan fingerprint density at radius 2 is 2.07 bits per heavy atom. The standard InChI is InChI=1S/C13H28N2/c1-5-15(11(2)3)13(10-14)9-7-6-8-12(13)4/h11-12H,5-10,14H2,1-4H3. The molecule has 1 saturated carbocycles. The van der Waals surface area contributed by atoms with Crippen LogP contribution in [-0.4, -0.2) is 29.6 Å². The number of rotatable bonds is 4. The lowest BCUT2D eigenvalue weighted by Crippen LogP contribution is -2.61. The molecule has 0 bridgehead atoms. The molecule has 0 aromatic heterocycles. The van der Waals surface area contributed by atoms with E-state index in [1.54, 1.807) is 0 Å². The summed E-state index contributed by atoms with van der Waals surface area (Å²) in [6.45, 7) is 11.2. The Labute approximate surface area is 95.2 Å². The number of nitrogens with zero attached hydrogens (tertiary/aromatic N) is 1. The Kier molecular flexibility index (Phi) is 4.60. The van der Waals surface area contributed by atoms with Gasteiger partial charge in [0.2, 0.25) is 0 Å². The van der Waals surface area contributed by atoms with Gasteiger partial charge in [0, 0.05) is 18.1 Å². The second-order valence-corrected chi connectivity index (χ2v) is 5.33. The van der Waals surface area contributed by atoms with Crippen molar-refractivity contribution in [2.24, 2.45) is 11.7 Å². The summed E-state index contributed by atoms with van der Waals surface area (Å²) in [5.74, 6) is 0.749. The van der Waals surface area contributed by atoms with Gasteiger partial charge in [0.1, 0.15) is 0 Å². The molecule has 0 aromatic rings.